The standard InChI is InChI=1S/C12H23N/c1-12(2)6-3-4-10(8-12)11-5-7-13-9-11/h10-11,13H,3-9H2,1-2H3. The lowest BCUT2D eigenvalue weighted by Crippen LogP contribution is -2.28. The van der Waals surface area contributed by atoms with E-state index in [-0.39, 0.29) is 0 Å². The maximum atomic E-state index is 3.50. The molecule has 1 nitrogen and oxygen atoms in total. The van der Waals surface area contributed by atoms with Crippen molar-refractivity contribution in [3.05, 3.63) is 0 Å². The first-order valence-electron chi connectivity index (χ1n) is 5.88. The first kappa shape index (κ1) is 9.51. The second-order valence-corrected chi connectivity index (χ2v) is 5.77. The molecule has 0 radical (unpaired) electrons. The molecule has 1 N–H and O–H groups in total. The summed E-state index contributed by atoms with van der Waals surface area (Å²) in [6, 6.07) is 0. The Hall–Kier alpha value is -0.0400. The lowest BCUT2D eigenvalue weighted by Gasteiger charge is -2.37. The molecule has 1 aliphatic heterocycles. The third-order valence-corrected chi connectivity index (χ3v) is 4.01. The minimum Gasteiger partial charge on any atom is -0.316 e. The summed E-state index contributed by atoms with van der Waals surface area (Å²) in [4.78, 5) is 0. The van der Waals surface area contributed by atoms with Gasteiger partial charge in [0.15, 0.2) is 0 Å². The Bertz CT molecular complexity index is 168. The molecule has 2 unspecified atom stereocenters. The molecule has 1 heteroatoms. The smallest absolute Gasteiger partial charge is 0.00174 e. The van der Waals surface area contributed by atoms with E-state index in [9.17, 15) is 0 Å². The molecule has 2 fully saturated rings. The normalized spacial score (nSPS) is 39.2. The maximum Gasteiger partial charge on any atom is -0.00174 e. The van der Waals surface area contributed by atoms with Crippen LogP contribution in [0.5, 0.6) is 0 Å². The molecule has 0 bridgehead atoms. The van der Waals surface area contributed by atoms with Crippen LogP contribution in [0.2, 0.25) is 0 Å². The summed E-state index contributed by atoms with van der Waals surface area (Å²) in [7, 11) is 0. The molecule has 0 aromatic carbocycles. The molecule has 2 rings (SSSR count). The third-order valence-electron chi connectivity index (χ3n) is 4.01. The highest BCUT2D eigenvalue weighted by molar-refractivity contribution is 4.86. The minimum atomic E-state index is 0.630. The molecule has 0 amide bonds. The second-order valence-electron chi connectivity index (χ2n) is 5.77. The Morgan fingerprint density at radius 3 is 2.62 bits per heavy atom. The predicted molar refractivity (Wildman–Crippen MR) is 56.7 cm³/mol. The van der Waals surface area contributed by atoms with Gasteiger partial charge in [-0.05, 0) is 49.6 Å². The van der Waals surface area contributed by atoms with Crippen LogP contribution in [0.3, 0.4) is 0 Å². The Kier molecular flexibility index (Phi) is 2.64. The zero-order valence-electron chi connectivity index (χ0n) is 9.10. The maximum absolute atomic E-state index is 3.50. The average Bonchev–Trinajstić information content (AvgIpc) is 2.53. The summed E-state index contributed by atoms with van der Waals surface area (Å²) in [5.41, 5.74) is 0.630. The van der Waals surface area contributed by atoms with Crippen molar-refractivity contribution in [3.8, 4) is 0 Å². The largest absolute Gasteiger partial charge is 0.316 e. The second kappa shape index (κ2) is 3.61. The van der Waals surface area contributed by atoms with Crippen molar-refractivity contribution in [3.63, 3.8) is 0 Å². The van der Waals surface area contributed by atoms with Gasteiger partial charge in [-0.15, -0.1) is 0 Å². The topological polar surface area (TPSA) is 12.0 Å². The van der Waals surface area contributed by atoms with Gasteiger partial charge in [0.25, 0.3) is 0 Å². The fraction of sp³-hybridized carbons (Fsp3) is 1.00. The van der Waals surface area contributed by atoms with E-state index in [0.29, 0.717) is 5.41 Å². The van der Waals surface area contributed by atoms with E-state index >= 15 is 0 Å². The van der Waals surface area contributed by atoms with Crippen LogP contribution < -0.4 is 5.32 Å². The van der Waals surface area contributed by atoms with E-state index in [2.05, 4.69) is 19.2 Å². The van der Waals surface area contributed by atoms with Crippen molar-refractivity contribution in [2.24, 2.45) is 17.3 Å². The molecular weight excluding hydrogens is 158 g/mol. The molecule has 0 aromatic heterocycles. The van der Waals surface area contributed by atoms with E-state index in [1.807, 2.05) is 0 Å². The van der Waals surface area contributed by atoms with Crippen molar-refractivity contribution in [1.29, 1.82) is 0 Å². The molecule has 1 heterocycles. The molecule has 1 saturated carbocycles. The van der Waals surface area contributed by atoms with Gasteiger partial charge in [0.05, 0.1) is 0 Å². The van der Waals surface area contributed by atoms with E-state index in [1.165, 1.54) is 45.2 Å². The van der Waals surface area contributed by atoms with Crippen molar-refractivity contribution < 1.29 is 0 Å². The summed E-state index contributed by atoms with van der Waals surface area (Å²) < 4.78 is 0. The molecule has 1 aliphatic carbocycles. The highest BCUT2D eigenvalue weighted by atomic mass is 14.9. The summed E-state index contributed by atoms with van der Waals surface area (Å²) in [5, 5.41) is 3.50. The average molecular weight is 181 g/mol. The van der Waals surface area contributed by atoms with Crippen LogP contribution >= 0.6 is 0 Å². The Morgan fingerprint density at radius 1 is 1.15 bits per heavy atom. The first-order valence-corrected chi connectivity index (χ1v) is 5.88. The number of hydrogen-bond donors (Lipinski definition) is 1. The van der Waals surface area contributed by atoms with Gasteiger partial charge < -0.3 is 5.32 Å². The van der Waals surface area contributed by atoms with Crippen molar-refractivity contribution in [1.82, 2.24) is 5.32 Å². The van der Waals surface area contributed by atoms with Gasteiger partial charge in [0.1, 0.15) is 0 Å². The summed E-state index contributed by atoms with van der Waals surface area (Å²) >= 11 is 0. The number of hydrogen-bond acceptors (Lipinski definition) is 1. The monoisotopic (exact) mass is 181 g/mol. The third kappa shape index (κ3) is 2.25. The van der Waals surface area contributed by atoms with Gasteiger partial charge in [-0.2, -0.15) is 0 Å². The van der Waals surface area contributed by atoms with E-state index in [1.54, 1.807) is 0 Å². The number of nitrogens with one attached hydrogen (secondary N) is 1. The summed E-state index contributed by atoms with van der Waals surface area (Å²) in [6.45, 7) is 7.45. The lowest BCUT2D eigenvalue weighted by molar-refractivity contribution is 0.140. The highest BCUT2D eigenvalue weighted by Crippen LogP contribution is 2.42. The SMILES string of the molecule is CC1(C)CCCC(C2CCNC2)C1. The van der Waals surface area contributed by atoms with Gasteiger partial charge in [-0.3, -0.25) is 0 Å². The fourth-order valence-corrected chi connectivity index (χ4v) is 3.24. The molecular formula is C12H23N. The highest BCUT2D eigenvalue weighted by Gasteiger charge is 2.33. The lowest BCUT2D eigenvalue weighted by atomic mass is 9.68. The Labute approximate surface area is 82.3 Å². The van der Waals surface area contributed by atoms with Crippen molar-refractivity contribution >= 4 is 0 Å². The summed E-state index contributed by atoms with van der Waals surface area (Å²) in [6.07, 6.45) is 7.31. The van der Waals surface area contributed by atoms with Crippen LogP contribution in [-0.4, -0.2) is 13.1 Å². The number of rotatable bonds is 1. The van der Waals surface area contributed by atoms with Crippen LogP contribution in [0, 0.1) is 17.3 Å². The van der Waals surface area contributed by atoms with Crippen LogP contribution in [0.4, 0.5) is 0 Å². The van der Waals surface area contributed by atoms with Crippen LogP contribution in [0.25, 0.3) is 0 Å². The van der Waals surface area contributed by atoms with Crippen LogP contribution in [-0.2, 0) is 0 Å². The predicted octanol–water partition coefficient (Wildman–Crippen LogP) is 2.81. The summed E-state index contributed by atoms with van der Waals surface area (Å²) in [5.74, 6) is 2.03. The van der Waals surface area contributed by atoms with Gasteiger partial charge >= 0.3 is 0 Å². The molecule has 13 heavy (non-hydrogen) atoms. The molecule has 0 aromatic rings. The zero-order chi connectivity index (χ0) is 9.31. The molecule has 2 atom stereocenters. The quantitative estimate of drug-likeness (QED) is 0.656. The van der Waals surface area contributed by atoms with Gasteiger partial charge in [-0.25, -0.2) is 0 Å². The van der Waals surface area contributed by atoms with Crippen molar-refractivity contribution in [2.75, 3.05) is 13.1 Å². The zero-order valence-corrected chi connectivity index (χ0v) is 9.10. The first-order chi connectivity index (χ1) is 6.17. The molecule has 1 saturated heterocycles. The minimum absolute atomic E-state index is 0.630. The Balaban J connectivity index is 1.91. The molecule has 0 spiro atoms. The van der Waals surface area contributed by atoms with Crippen molar-refractivity contribution in [2.45, 2.75) is 46.0 Å². The van der Waals surface area contributed by atoms with Crippen LogP contribution in [0.15, 0.2) is 0 Å². The van der Waals surface area contributed by atoms with E-state index in [0.717, 1.165) is 11.8 Å². The van der Waals surface area contributed by atoms with Gasteiger partial charge in [-0.1, -0.05) is 26.7 Å². The Morgan fingerprint density at radius 2 is 2.00 bits per heavy atom. The molecule has 76 valence electrons. The molecule has 2 aliphatic rings. The van der Waals surface area contributed by atoms with Gasteiger partial charge in [0.2, 0.25) is 0 Å². The van der Waals surface area contributed by atoms with E-state index in [4.69, 9.17) is 0 Å². The van der Waals surface area contributed by atoms with Crippen LogP contribution in [0.1, 0.15) is 46.0 Å². The fourth-order valence-electron chi connectivity index (χ4n) is 3.24. The van der Waals surface area contributed by atoms with E-state index < -0.39 is 0 Å². The van der Waals surface area contributed by atoms with Gasteiger partial charge in [0, 0.05) is 0 Å².